The third-order valence-electron chi connectivity index (χ3n) is 8.16. The SMILES string of the molecule is CN(CCCC(=O)NC(c1cccnc1)c1cc2ccccc2o1)CCSc1cccc2c1C(=O)N(C1CCC(=O)NC1=O)C2=O. The van der Waals surface area contributed by atoms with Crippen LogP contribution in [0.15, 0.2) is 82.4 Å². The molecule has 2 aliphatic heterocycles. The highest BCUT2D eigenvalue weighted by molar-refractivity contribution is 7.99. The van der Waals surface area contributed by atoms with Gasteiger partial charge in [-0.1, -0.05) is 30.3 Å². The highest BCUT2D eigenvalue weighted by Gasteiger charge is 2.45. The normalized spacial score (nSPS) is 17.0. The van der Waals surface area contributed by atoms with Crippen molar-refractivity contribution in [2.24, 2.45) is 0 Å². The van der Waals surface area contributed by atoms with Crippen molar-refractivity contribution in [2.75, 3.05) is 25.9 Å². The van der Waals surface area contributed by atoms with E-state index >= 15 is 0 Å². The van der Waals surface area contributed by atoms with Gasteiger partial charge in [-0.2, -0.15) is 0 Å². The summed E-state index contributed by atoms with van der Waals surface area (Å²) in [4.78, 5) is 71.4. The summed E-state index contributed by atoms with van der Waals surface area (Å²) in [7, 11) is 1.97. The van der Waals surface area contributed by atoms with E-state index in [0.717, 1.165) is 21.4 Å². The van der Waals surface area contributed by atoms with Crippen LogP contribution in [-0.4, -0.2) is 76.3 Å². The standard InChI is InChI=1S/C34H33N5O6S/c1-38(16-6-12-28(40)36-31(22-8-5-15-35-20-22)26-19-21-7-2-3-10-25(21)45-26)17-18-46-27-11-4-9-23-30(27)34(44)39(33(23)43)24-13-14-29(41)37-32(24)42/h2-5,7-11,15,19-20,24,31H,6,12-14,16-18H2,1H3,(H,36,40)(H,37,41,42). The number of imide groups is 2. The lowest BCUT2D eigenvalue weighted by Gasteiger charge is -2.27. The Morgan fingerprint density at radius 3 is 2.72 bits per heavy atom. The Balaban J connectivity index is 1.00. The predicted molar refractivity (Wildman–Crippen MR) is 171 cm³/mol. The maximum absolute atomic E-state index is 13.3. The van der Waals surface area contributed by atoms with Gasteiger partial charge in [-0.3, -0.25) is 39.2 Å². The number of para-hydroxylation sites is 1. The summed E-state index contributed by atoms with van der Waals surface area (Å²) >= 11 is 1.46. The molecule has 11 nitrogen and oxygen atoms in total. The molecule has 0 bridgehead atoms. The van der Waals surface area contributed by atoms with E-state index in [-0.39, 0.29) is 24.3 Å². The van der Waals surface area contributed by atoms with Crippen molar-refractivity contribution >= 4 is 52.3 Å². The van der Waals surface area contributed by atoms with E-state index in [0.29, 0.717) is 47.9 Å². The summed E-state index contributed by atoms with van der Waals surface area (Å²) in [6.45, 7) is 1.37. The number of hydrogen-bond acceptors (Lipinski definition) is 9. The van der Waals surface area contributed by atoms with Crippen LogP contribution in [0.2, 0.25) is 0 Å². The van der Waals surface area contributed by atoms with Gasteiger partial charge in [-0.25, -0.2) is 0 Å². The first kappa shape index (κ1) is 31.2. The Bertz CT molecular complexity index is 1780. The van der Waals surface area contributed by atoms with Crippen molar-refractivity contribution in [3.8, 4) is 0 Å². The Kier molecular flexibility index (Phi) is 9.27. The minimum atomic E-state index is -0.996. The molecule has 0 saturated carbocycles. The quantitative estimate of drug-likeness (QED) is 0.174. The molecule has 2 aromatic heterocycles. The summed E-state index contributed by atoms with van der Waals surface area (Å²) in [5.41, 5.74) is 2.15. The van der Waals surface area contributed by atoms with Gasteiger partial charge in [0, 0.05) is 53.4 Å². The molecular formula is C34H33N5O6S. The van der Waals surface area contributed by atoms with Crippen LogP contribution in [0.3, 0.4) is 0 Å². The number of aromatic nitrogens is 1. The topological polar surface area (TPSA) is 142 Å². The lowest BCUT2D eigenvalue weighted by Crippen LogP contribution is -2.54. The molecule has 1 saturated heterocycles. The van der Waals surface area contributed by atoms with Crippen molar-refractivity contribution in [3.05, 3.63) is 95.5 Å². The molecule has 2 aliphatic rings. The number of nitrogens with zero attached hydrogens (tertiary/aromatic N) is 3. The summed E-state index contributed by atoms with van der Waals surface area (Å²) in [6.07, 6.45) is 4.57. The molecule has 0 aliphatic carbocycles. The van der Waals surface area contributed by atoms with Crippen LogP contribution >= 0.6 is 11.8 Å². The van der Waals surface area contributed by atoms with Crippen LogP contribution < -0.4 is 10.6 Å². The molecule has 2 atom stereocenters. The second-order valence-electron chi connectivity index (χ2n) is 11.4. The first-order chi connectivity index (χ1) is 22.3. The molecule has 2 N–H and O–H groups in total. The minimum Gasteiger partial charge on any atom is -0.459 e. The lowest BCUT2D eigenvalue weighted by molar-refractivity contribution is -0.136. The molecule has 4 aromatic rings. The van der Waals surface area contributed by atoms with E-state index in [4.69, 9.17) is 4.42 Å². The fourth-order valence-electron chi connectivity index (χ4n) is 5.78. The van der Waals surface area contributed by atoms with Crippen molar-refractivity contribution in [1.82, 2.24) is 25.4 Å². The monoisotopic (exact) mass is 639 g/mol. The highest BCUT2D eigenvalue weighted by atomic mass is 32.2. The second-order valence-corrected chi connectivity index (χ2v) is 12.5. The van der Waals surface area contributed by atoms with Crippen LogP contribution in [0.4, 0.5) is 0 Å². The van der Waals surface area contributed by atoms with Gasteiger partial charge >= 0.3 is 0 Å². The number of amides is 5. The van der Waals surface area contributed by atoms with Crippen LogP contribution in [0.25, 0.3) is 11.0 Å². The number of pyridine rings is 1. The summed E-state index contributed by atoms with van der Waals surface area (Å²) in [5, 5.41) is 6.30. The van der Waals surface area contributed by atoms with Gasteiger partial charge in [-0.15, -0.1) is 11.8 Å². The molecule has 1 fully saturated rings. The third kappa shape index (κ3) is 6.58. The molecule has 5 amide bonds. The largest absolute Gasteiger partial charge is 0.459 e. The highest BCUT2D eigenvalue weighted by Crippen LogP contribution is 2.34. The summed E-state index contributed by atoms with van der Waals surface area (Å²) < 4.78 is 6.07. The van der Waals surface area contributed by atoms with Gasteiger partial charge in [-0.05, 0) is 56.8 Å². The van der Waals surface area contributed by atoms with E-state index < -0.39 is 35.7 Å². The Labute approximate surface area is 269 Å². The fourth-order valence-corrected chi connectivity index (χ4v) is 6.92. The van der Waals surface area contributed by atoms with Crippen molar-refractivity contribution in [3.63, 3.8) is 0 Å². The minimum absolute atomic E-state index is 0.0752. The number of hydrogen-bond donors (Lipinski definition) is 2. The number of furan rings is 1. The van der Waals surface area contributed by atoms with E-state index in [1.165, 1.54) is 11.8 Å². The number of piperidine rings is 1. The lowest BCUT2D eigenvalue weighted by atomic mass is 10.0. The second kappa shape index (κ2) is 13.7. The zero-order chi connectivity index (χ0) is 32.2. The molecule has 0 spiro atoms. The molecule has 12 heteroatoms. The van der Waals surface area contributed by atoms with E-state index in [2.05, 4.69) is 20.5 Å². The van der Waals surface area contributed by atoms with Crippen LogP contribution in [0.5, 0.6) is 0 Å². The summed E-state index contributed by atoms with van der Waals surface area (Å²) in [6, 6.07) is 17.1. The van der Waals surface area contributed by atoms with Crippen molar-refractivity contribution in [1.29, 1.82) is 0 Å². The Morgan fingerprint density at radius 1 is 1.09 bits per heavy atom. The van der Waals surface area contributed by atoms with Crippen molar-refractivity contribution in [2.45, 2.75) is 42.7 Å². The average Bonchev–Trinajstić information content (AvgIpc) is 3.59. The number of fused-ring (bicyclic) bond motifs is 2. The first-order valence-corrected chi connectivity index (χ1v) is 16.1. The molecule has 6 rings (SSSR count). The molecule has 236 valence electrons. The summed E-state index contributed by atoms with van der Waals surface area (Å²) in [5.74, 6) is -0.866. The van der Waals surface area contributed by atoms with Crippen LogP contribution in [0, 0.1) is 0 Å². The molecule has 2 aromatic carbocycles. The number of nitrogens with one attached hydrogen (secondary N) is 2. The zero-order valence-corrected chi connectivity index (χ0v) is 26.0. The number of benzene rings is 2. The first-order valence-electron chi connectivity index (χ1n) is 15.1. The van der Waals surface area contributed by atoms with E-state index in [1.807, 2.05) is 49.5 Å². The number of rotatable bonds is 12. The van der Waals surface area contributed by atoms with Crippen molar-refractivity contribution < 1.29 is 28.4 Å². The van der Waals surface area contributed by atoms with E-state index in [9.17, 15) is 24.0 Å². The third-order valence-corrected chi connectivity index (χ3v) is 9.19. The fraction of sp³-hybridized carbons (Fsp3) is 0.294. The number of carbonyl (C=O) groups is 5. The van der Waals surface area contributed by atoms with Gasteiger partial charge in [0.1, 0.15) is 23.4 Å². The predicted octanol–water partition coefficient (Wildman–Crippen LogP) is 3.94. The maximum atomic E-state index is 13.3. The molecule has 2 unspecified atom stereocenters. The average molecular weight is 640 g/mol. The number of thioether (sulfide) groups is 1. The molecule has 46 heavy (non-hydrogen) atoms. The van der Waals surface area contributed by atoms with E-state index in [1.54, 1.807) is 30.6 Å². The zero-order valence-electron chi connectivity index (χ0n) is 25.2. The van der Waals surface area contributed by atoms with Gasteiger partial charge < -0.3 is 14.6 Å². The van der Waals surface area contributed by atoms with Gasteiger partial charge in [0.25, 0.3) is 11.8 Å². The Hall–Kier alpha value is -4.81. The number of carbonyl (C=O) groups excluding carboxylic acids is 5. The van der Waals surface area contributed by atoms with Crippen LogP contribution in [0.1, 0.15) is 63.8 Å². The molecule has 0 radical (unpaired) electrons. The van der Waals surface area contributed by atoms with Crippen LogP contribution in [-0.2, 0) is 14.4 Å². The smallest absolute Gasteiger partial charge is 0.263 e. The Morgan fingerprint density at radius 2 is 1.93 bits per heavy atom. The van der Waals surface area contributed by atoms with Gasteiger partial charge in [0.2, 0.25) is 17.7 Å². The molecule has 4 heterocycles. The molecular weight excluding hydrogens is 606 g/mol. The maximum Gasteiger partial charge on any atom is 0.263 e. The van der Waals surface area contributed by atoms with Gasteiger partial charge in [0.15, 0.2) is 0 Å². The van der Waals surface area contributed by atoms with Gasteiger partial charge in [0.05, 0.1) is 11.1 Å².